The van der Waals surface area contributed by atoms with Gasteiger partial charge in [-0.2, -0.15) is 12.7 Å². The van der Waals surface area contributed by atoms with Crippen LogP contribution in [0.1, 0.15) is 19.3 Å². The zero-order valence-electron chi connectivity index (χ0n) is 10.5. The number of anilines is 1. The van der Waals surface area contributed by atoms with E-state index in [2.05, 4.69) is 9.71 Å². The predicted octanol–water partition coefficient (Wildman–Crippen LogP) is 1.33. The first kappa shape index (κ1) is 15.0. The number of aliphatic carboxylic acids is 1. The summed E-state index contributed by atoms with van der Waals surface area (Å²) in [5.41, 5.74) is 0. The van der Waals surface area contributed by atoms with Gasteiger partial charge in [0.2, 0.25) is 0 Å². The van der Waals surface area contributed by atoms with Crippen LogP contribution in [0.4, 0.5) is 5.82 Å². The van der Waals surface area contributed by atoms with Gasteiger partial charge in [0.25, 0.3) is 0 Å². The molecule has 9 heteroatoms. The second-order valence-electron chi connectivity index (χ2n) is 4.41. The maximum absolute atomic E-state index is 12.2. The first-order valence-electron chi connectivity index (χ1n) is 6.05. The van der Waals surface area contributed by atoms with Crippen molar-refractivity contribution >= 4 is 33.6 Å². The number of nitrogens with zero attached hydrogens (tertiary/aromatic N) is 2. The van der Waals surface area contributed by atoms with E-state index >= 15 is 0 Å². The van der Waals surface area contributed by atoms with Crippen LogP contribution in [0.25, 0.3) is 0 Å². The molecular weight excluding hydrogens is 306 g/mol. The van der Waals surface area contributed by atoms with Crippen molar-refractivity contribution in [2.75, 3.05) is 11.3 Å². The third-order valence-electron chi connectivity index (χ3n) is 3.00. The molecule has 0 spiro atoms. The van der Waals surface area contributed by atoms with Crippen molar-refractivity contribution in [2.45, 2.75) is 25.3 Å². The molecule has 20 heavy (non-hydrogen) atoms. The number of piperidine rings is 1. The molecule has 0 aromatic carbocycles. The number of carboxylic acid groups (broad SMARTS) is 1. The lowest BCUT2D eigenvalue weighted by molar-refractivity contribution is -0.142. The van der Waals surface area contributed by atoms with Gasteiger partial charge in [-0.1, -0.05) is 17.7 Å². The quantitative estimate of drug-likeness (QED) is 0.816. The lowest BCUT2D eigenvalue weighted by Crippen LogP contribution is -2.50. The van der Waals surface area contributed by atoms with Gasteiger partial charge < -0.3 is 5.11 Å². The Morgan fingerprint density at radius 3 is 2.85 bits per heavy atom. The highest BCUT2D eigenvalue weighted by Gasteiger charge is 2.36. The summed E-state index contributed by atoms with van der Waals surface area (Å²) in [5, 5.41) is 9.26. The number of rotatable bonds is 4. The fourth-order valence-corrected chi connectivity index (χ4v) is 3.65. The number of halogens is 1. The first-order valence-corrected chi connectivity index (χ1v) is 7.87. The van der Waals surface area contributed by atoms with Crippen LogP contribution in [0.15, 0.2) is 18.2 Å². The number of nitrogens with one attached hydrogen (secondary N) is 1. The van der Waals surface area contributed by atoms with Crippen molar-refractivity contribution in [1.29, 1.82) is 0 Å². The Bertz CT molecular complexity index is 607. The fourth-order valence-electron chi connectivity index (χ4n) is 2.10. The maximum Gasteiger partial charge on any atom is 0.322 e. The number of hydrogen-bond donors (Lipinski definition) is 2. The van der Waals surface area contributed by atoms with Crippen LogP contribution in [0.5, 0.6) is 0 Å². The first-order chi connectivity index (χ1) is 9.40. The van der Waals surface area contributed by atoms with Crippen molar-refractivity contribution in [3.05, 3.63) is 23.4 Å². The largest absolute Gasteiger partial charge is 0.480 e. The molecule has 1 fully saturated rings. The predicted molar refractivity (Wildman–Crippen MR) is 73.8 cm³/mol. The zero-order valence-corrected chi connectivity index (χ0v) is 12.1. The summed E-state index contributed by atoms with van der Waals surface area (Å²) in [6, 6.07) is 3.47. The lowest BCUT2D eigenvalue weighted by Gasteiger charge is -2.31. The standard InChI is InChI=1S/C11H14ClN3O4S/c12-9-5-3-6-10(13-9)14-20(18,19)15-7-2-1-4-8(15)11(16)17/h3,5-6,8H,1-2,4,7H2,(H,13,14)(H,16,17). The van der Waals surface area contributed by atoms with Gasteiger partial charge in [-0.05, 0) is 31.4 Å². The number of carbonyl (C=O) groups is 1. The molecule has 1 aromatic heterocycles. The normalized spacial score (nSPS) is 20.6. The maximum atomic E-state index is 12.2. The highest BCUT2D eigenvalue weighted by molar-refractivity contribution is 7.90. The van der Waals surface area contributed by atoms with E-state index in [1.54, 1.807) is 6.07 Å². The van der Waals surface area contributed by atoms with Gasteiger partial charge in [0, 0.05) is 6.54 Å². The minimum absolute atomic E-state index is 0.0622. The Kier molecular flexibility index (Phi) is 4.46. The van der Waals surface area contributed by atoms with Gasteiger partial charge in [-0.15, -0.1) is 0 Å². The van der Waals surface area contributed by atoms with Gasteiger partial charge in [-0.3, -0.25) is 9.52 Å². The molecule has 2 N–H and O–H groups in total. The average Bonchev–Trinajstić information content (AvgIpc) is 2.38. The summed E-state index contributed by atoms with van der Waals surface area (Å²) >= 11 is 5.68. The second kappa shape index (κ2) is 5.94. The molecule has 1 atom stereocenters. The summed E-state index contributed by atoms with van der Waals surface area (Å²) in [6.45, 7) is 0.173. The molecule has 2 heterocycles. The summed E-state index contributed by atoms with van der Waals surface area (Å²) in [7, 11) is -3.97. The minimum atomic E-state index is -3.97. The third kappa shape index (κ3) is 3.38. The molecule has 0 bridgehead atoms. The minimum Gasteiger partial charge on any atom is -0.480 e. The topological polar surface area (TPSA) is 99.6 Å². The van der Waals surface area contributed by atoms with Gasteiger partial charge in [-0.25, -0.2) is 4.98 Å². The lowest BCUT2D eigenvalue weighted by atomic mass is 10.1. The smallest absolute Gasteiger partial charge is 0.322 e. The Balaban J connectivity index is 2.22. The molecule has 1 saturated heterocycles. The average molecular weight is 320 g/mol. The monoisotopic (exact) mass is 319 g/mol. The van der Waals surface area contributed by atoms with Crippen LogP contribution in [0.2, 0.25) is 5.15 Å². The van der Waals surface area contributed by atoms with Crippen molar-refractivity contribution in [3.8, 4) is 0 Å². The van der Waals surface area contributed by atoms with Crippen LogP contribution in [0.3, 0.4) is 0 Å². The van der Waals surface area contributed by atoms with Crippen molar-refractivity contribution in [1.82, 2.24) is 9.29 Å². The molecule has 1 unspecified atom stereocenters. The molecule has 2 rings (SSSR count). The van der Waals surface area contributed by atoms with Gasteiger partial charge in [0.15, 0.2) is 0 Å². The Hall–Kier alpha value is -1.38. The van der Waals surface area contributed by atoms with E-state index < -0.39 is 22.2 Å². The Labute approximate surface area is 121 Å². The summed E-state index contributed by atoms with van der Waals surface area (Å²) in [4.78, 5) is 15.0. The Morgan fingerprint density at radius 1 is 1.45 bits per heavy atom. The van der Waals surface area contributed by atoms with Crippen LogP contribution in [-0.2, 0) is 15.0 Å². The van der Waals surface area contributed by atoms with Crippen LogP contribution in [0, 0.1) is 0 Å². The molecule has 7 nitrogen and oxygen atoms in total. The highest BCUT2D eigenvalue weighted by Crippen LogP contribution is 2.22. The molecule has 0 amide bonds. The van der Waals surface area contributed by atoms with Crippen LogP contribution in [-0.4, -0.2) is 41.4 Å². The number of hydrogen-bond acceptors (Lipinski definition) is 4. The summed E-state index contributed by atoms with van der Waals surface area (Å²) in [5.74, 6) is -1.08. The van der Waals surface area contributed by atoms with E-state index in [-0.39, 0.29) is 17.5 Å². The van der Waals surface area contributed by atoms with E-state index in [0.29, 0.717) is 19.3 Å². The van der Waals surface area contributed by atoms with Gasteiger partial charge in [0.05, 0.1) is 0 Å². The van der Waals surface area contributed by atoms with E-state index in [0.717, 1.165) is 4.31 Å². The molecule has 110 valence electrons. The molecule has 0 radical (unpaired) electrons. The second-order valence-corrected chi connectivity index (χ2v) is 6.42. The molecule has 1 aliphatic heterocycles. The Morgan fingerprint density at radius 2 is 2.20 bits per heavy atom. The SMILES string of the molecule is O=C(O)C1CCCCN1S(=O)(=O)Nc1cccc(Cl)n1. The van der Waals surface area contributed by atoms with Gasteiger partial charge >= 0.3 is 16.2 Å². The van der Waals surface area contributed by atoms with Crippen molar-refractivity contribution < 1.29 is 18.3 Å². The molecule has 1 aromatic rings. The number of aromatic nitrogens is 1. The van der Waals surface area contributed by atoms with E-state index in [9.17, 15) is 13.2 Å². The van der Waals surface area contributed by atoms with Crippen molar-refractivity contribution in [3.63, 3.8) is 0 Å². The third-order valence-corrected chi connectivity index (χ3v) is 4.73. The molecular formula is C11H14ClN3O4S. The summed E-state index contributed by atoms with van der Waals surface area (Å²) < 4.78 is 27.7. The van der Waals surface area contributed by atoms with E-state index in [1.807, 2.05) is 0 Å². The fraction of sp³-hybridized carbons (Fsp3) is 0.455. The molecule has 0 aliphatic carbocycles. The van der Waals surface area contributed by atoms with E-state index in [1.165, 1.54) is 12.1 Å². The molecule has 0 saturated carbocycles. The van der Waals surface area contributed by atoms with Gasteiger partial charge in [0.1, 0.15) is 17.0 Å². The zero-order chi connectivity index (χ0) is 14.8. The summed E-state index contributed by atoms with van der Waals surface area (Å²) in [6.07, 6.45) is 1.63. The van der Waals surface area contributed by atoms with Crippen molar-refractivity contribution in [2.24, 2.45) is 0 Å². The van der Waals surface area contributed by atoms with Crippen LogP contribution >= 0.6 is 11.6 Å². The molecule has 1 aliphatic rings. The number of carboxylic acids is 1. The van der Waals surface area contributed by atoms with E-state index in [4.69, 9.17) is 16.7 Å². The highest BCUT2D eigenvalue weighted by atomic mass is 35.5. The number of pyridine rings is 1. The van der Waals surface area contributed by atoms with Crippen LogP contribution < -0.4 is 4.72 Å².